The van der Waals surface area contributed by atoms with Gasteiger partial charge >= 0.3 is 12.2 Å². The predicted octanol–water partition coefficient (Wildman–Crippen LogP) is 1.40. The van der Waals surface area contributed by atoms with Crippen molar-refractivity contribution >= 4 is 12.2 Å². The van der Waals surface area contributed by atoms with Crippen LogP contribution in [-0.2, 0) is 4.74 Å². The third kappa shape index (κ3) is 2.79. The van der Waals surface area contributed by atoms with Gasteiger partial charge in [0.15, 0.2) is 0 Å². The molecule has 0 unspecified atom stereocenters. The van der Waals surface area contributed by atoms with E-state index in [4.69, 9.17) is 9.84 Å². The maximum Gasteiger partial charge on any atom is 0.419 e. The van der Waals surface area contributed by atoms with Crippen molar-refractivity contribution in [2.45, 2.75) is 25.3 Å². The van der Waals surface area contributed by atoms with E-state index in [-0.39, 0.29) is 12.6 Å². The average molecular weight is 253 g/mol. The molecule has 2 rings (SSSR count). The van der Waals surface area contributed by atoms with Crippen molar-refractivity contribution in [1.82, 2.24) is 14.5 Å². The minimum atomic E-state index is -0.960. The minimum absolute atomic E-state index is 0.0866. The summed E-state index contributed by atoms with van der Waals surface area (Å²) in [7, 11) is 0. The lowest BCUT2D eigenvalue weighted by atomic mass is 10.0. The van der Waals surface area contributed by atoms with Crippen molar-refractivity contribution in [2.24, 2.45) is 0 Å². The Kier molecular flexibility index (Phi) is 3.81. The van der Waals surface area contributed by atoms with E-state index in [1.807, 2.05) is 0 Å². The second-order valence-corrected chi connectivity index (χ2v) is 4.17. The third-order valence-electron chi connectivity index (χ3n) is 2.99. The van der Waals surface area contributed by atoms with Gasteiger partial charge in [-0.3, -0.25) is 0 Å². The van der Waals surface area contributed by atoms with Gasteiger partial charge in [-0.15, -0.1) is 0 Å². The van der Waals surface area contributed by atoms with E-state index >= 15 is 0 Å². The summed E-state index contributed by atoms with van der Waals surface area (Å²) in [4.78, 5) is 27.6. The molecule has 1 saturated heterocycles. The average Bonchev–Trinajstić information content (AvgIpc) is 2.90. The number of likely N-dealkylation sites (tertiary alicyclic amines) is 1. The Bertz CT molecular complexity index is 418. The van der Waals surface area contributed by atoms with Crippen LogP contribution >= 0.6 is 0 Å². The van der Waals surface area contributed by atoms with Crippen molar-refractivity contribution < 1.29 is 19.4 Å². The van der Waals surface area contributed by atoms with E-state index in [1.54, 1.807) is 0 Å². The Balaban J connectivity index is 1.88. The number of aromatic nitrogens is 2. The Morgan fingerprint density at radius 2 is 2.28 bits per heavy atom. The molecule has 0 aromatic carbocycles. The van der Waals surface area contributed by atoms with Crippen LogP contribution in [0.1, 0.15) is 19.3 Å². The lowest BCUT2D eigenvalue weighted by Crippen LogP contribution is -2.45. The van der Waals surface area contributed by atoms with Gasteiger partial charge in [0.05, 0.1) is 6.04 Å². The number of piperidine rings is 1. The first-order valence-electron chi connectivity index (χ1n) is 5.83. The topological polar surface area (TPSA) is 84.7 Å². The predicted molar refractivity (Wildman–Crippen MR) is 61.3 cm³/mol. The van der Waals surface area contributed by atoms with Gasteiger partial charge in [-0.25, -0.2) is 19.1 Å². The maximum absolute atomic E-state index is 11.6. The molecule has 0 aliphatic carbocycles. The van der Waals surface area contributed by atoms with E-state index in [2.05, 4.69) is 4.98 Å². The molecule has 0 radical (unpaired) electrons. The molecule has 18 heavy (non-hydrogen) atoms. The summed E-state index contributed by atoms with van der Waals surface area (Å²) >= 11 is 0. The number of hydrogen-bond acceptors (Lipinski definition) is 4. The molecule has 1 N–H and O–H groups in total. The van der Waals surface area contributed by atoms with E-state index in [0.29, 0.717) is 6.54 Å². The van der Waals surface area contributed by atoms with Crippen LogP contribution < -0.4 is 0 Å². The van der Waals surface area contributed by atoms with E-state index in [1.165, 1.54) is 28.2 Å². The Labute approximate surface area is 104 Å². The summed E-state index contributed by atoms with van der Waals surface area (Å²) in [5.41, 5.74) is 0. The van der Waals surface area contributed by atoms with Gasteiger partial charge in [0.2, 0.25) is 0 Å². The fourth-order valence-corrected chi connectivity index (χ4v) is 2.03. The Morgan fingerprint density at radius 3 is 2.94 bits per heavy atom. The number of carboxylic acid groups (broad SMARTS) is 1. The number of imidazole rings is 1. The van der Waals surface area contributed by atoms with Crippen molar-refractivity contribution in [1.29, 1.82) is 0 Å². The van der Waals surface area contributed by atoms with Crippen molar-refractivity contribution in [2.75, 3.05) is 13.2 Å². The van der Waals surface area contributed by atoms with Gasteiger partial charge in [0, 0.05) is 18.9 Å². The summed E-state index contributed by atoms with van der Waals surface area (Å²) in [5.74, 6) is 0. The van der Waals surface area contributed by atoms with Gasteiger partial charge < -0.3 is 14.7 Å². The second-order valence-electron chi connectivity index (χ2n) is 4.17. The van der Waals surface area contributed by atoms with Crippen LogP contribution in [0, 0.1) is 0 Å². The quantitative estimate of drug-likeness (QED) is 0.861. The van der Waals surface area contributed by atoms with Gasteiger partial charge in [-0.1, -0.05) is 0 Å². The highest BCUT2D eigenvalue weighted by Gasteiger charge is 2.27. The molecule has 1 atom stereocenters. The largest absolute Gasteiger partial charge is 0.465 e. The van der Waals surface area contributed by atoms with Crippen LogP contribution in [0.25, 0.3) is 0 Å². The number of amides is 1. The van der Waals surface area contributed by atoms with Crippen LogP contribution in [0.4, 0.5) is 9.59 Å². The summed E-state index contributed by atoms with van der Waals surface area (Å²) in [5, 5.41) is 9.03. The first-order valence-corrected chi connectivity index (χ1v) is 5.83. The number of nitrogens with zero attached hydrogens (tertiary/aromatic N) is 3. The van der Waals surface area contributed by atoms with E-state index in [9.17, 15) is 9.59 Å². The molecule has 0 saturated carbocycles. The molecular formula is C11H15N3O4. The van der Waals surface area contributed by atoms with Gasteiger partial charge in [-0.05, 0) is 19.3 Å². The fraction of sp³-hybridized carbons (Fsp3) is 0.545. The number of ether oxygens (including phenoxy) is 1. The zero-order valence-electron chi connectivity index (χ0n) is 9.86. The summed E-state index contributed by atoms with van der Waals surface area (Å²) in [6.07, 6.45) is 5.35. The van der Waals surface area contributed by atoms with Crippen LogP contribution in [0.5, 0.6) is 0 Å². The maximum atomic E-state index is 11.6. The molecule has 2 heterocycles. The molecule has 0 bridgehead atoms. The SMILES string of the molecule is O=C(O)N1CCCC[C@H]1COC(=O)n1ccnc1. The molecular weight excluding hydrogens is 238 g/mol. The lowest BCUT2D eigenvalue weighted by molar-refractivity contribution is 0.0641. The monoisotopic (exact) mass is 253 g/mol. The number of rotatable bonds is 2. The van der Waals surface area contributed by atoms with Crippen molar-refractivity contribution in [3.8, 4) is 0 Å². The highest BCUT2D eigenvalue weighted by molar-refractivity contribution is 5.70. The molecule has 1 aliphatic rings. The summed E-state index contributed by atoms with van der Waals surface area (Å²) < 4.78 is 6.30. The summed E-state index contributed by atoms with van der Waals surface area (Å²) in [6.45, 7) is 0.589. The molecule has 1 amide bonds. The van der Waals surface area contributed by atoms with Crippen molar-refractivity contribution in [3.63, 3.8) is 0 Å². The third-order valence-corrected chi connectivity index (χ3v) is 2.99. The van der Waals surface area contributed by atoms with Gasteiger partial charge in [0.25, 0.3) is 0 Å². The smallest absolute Gasteiger partial charge is 0.419 e. The standard InChI is InChI=1S/C11H15N3O4/c15-10(16)14-5-2-1-3-9(14)7-18-11(17)13-6-4-12-8-13/h4,6,8-9H,1-3,5,7H2,(H,15,16)/t9-/m0/s1. The van der Waals surface area contributed by atoms with Crippen LogP contribution in [0.3, 0.4) is 0 Å². The second kappa shape index (κ2) is 5.52. The van der Waals surface area contributed by atoms with Crippen molar-refractivity contribution in [3.05, 3.63) is 18.7 Å². The zero-order chi connectivity index (χ0) is 13.0. The molecule has 1 aliphatic heterocycles. The Hall–Kier alpha value is -2.05. The number of carbonyl (C=O) groups is 2. The lowest BCUT2D eigenvalue weighted by Gasteiger charge is -2.32. The molecule has 1 fully saturated rings. The molecule has 1 aromatic rings. The summed E-state index contributed by atoms with van der Waals surface area (Å²) in [6, 6.07) is -0.247. The van der Waals surface area contributed by atoms with Gasteiger partial charge in [-0.2, -0.15) is 0 Å². The first kappa shape index (κ1) is 12.4. The van der Waals surface area contributed by atoms with E-state index in [0.717, 1.165) is 19.3 Å². The molecule has 1 aromatic heterocycles. The minimum Gasteiger partial charge on any atom is -0.465 e. The molecule has 98 valence electrons. The highest BCUT2D eigenvalue weighted by atomic mass is 16.6. The van der Waals surface area contributed by atoms with Crippen LogP contribution in [0.15, 0.2) is 18.7 Å². The van der Waals surface area contributed by atoms with Crippen LogP contribution in [-0.4, -0.2) is 50.9 Å². The van der Waals surface area contributed by atoms with Crippen LogP contribution in [0.2, 0.25) is 0 Å². The normalized spacial score (nSPS) is 19.6. The number of hydrogen-bond donors (Lipinski definition) is 1. The zero-order valence-corrected chi connectivity index (χ0v) is 9.86. The molecule has 0 spiro atoms. The number of carbonyl (C=O) groups excluding carboxylic acids is 1. The fourth-order valence-electron chi connectivity index (χ4n) is 2.03. The van der Waals surface area contributed by atoms with E-state index < -0.39 is 12.2 Å². The first-order chi connectivity index (χ1) is 8.68. The van der Waals surface area contributed by atoms with Gasteiger partial charge in [0.1, 0.15) is 12.9 Å². The Morgan fingerprint density at radius 1 is 1.44 bits per heavy atom. The molecule has 7 heteroatoms. The highest BCUT2D eigenvalue weighted by Crippen LogP contribution is 2.17. The molecule has 7 nitrogen and oxygen atoms in total.